The number of nitrogen functional groups attached to an aromatic ring is 1. The maximum Gasteiger partial charge on any atom is 0.311 e. The smallest absolute Gasteiger partial charge is 0.311 e. The van der Waals surface area contributed by atoms with E-state index in [9.17, 15) is 10.1 Å². The van der Waals surface area contributed by atoms with Crippen molar-refractivity contribution in [2.24, 2.45) is 0 Å². The second-order valence-electron chi connectivity index (χ2n) is 4.62. The van der Waals surface area contributed by atoms with Crippen molar-refractivity contribution in [3.05, 3.63) is 57.6 Å². The number of aromatic nitrogens is 1. The lowest BCUT2D eigenvalue weighted by atomic mass is 10.1. The van der Waals surface area contributed by atoms with Crippen LogP contribution in [0.2, 0.25) is 0 Å². The number of nitrogens with zero attached hydrogens (tertiary/aromatic N) is 3. The van der Waals surface area contributed by atoms with Gasteiger partial charge in [-0.05, 0) is 24.1 Å². The van der Waals surface area contributed by atoms with Gasteiger partial charge in [0.25, 0.3) is 0 Å². The Balaban J connectivity index is 2.34. The number of benzene rings is 1. The van der Waals surface area contributed by atoms with Crippen molar-refractivity contribution < 1.29 is 4.92 Å². The molecule has 0 atom stereocenters. The molecule has 104 valence electrons. The number of nitro groups is 1. The summed E-state index contributed by atoms with van der Waals surface area (Å²) in [5, 5.41) is 11.1. The summed E-state index contributed by atoms with van der Waals surface area (Å²) in [6, 6.07) is 10.7. The van der Waals surface area contributed by atoms with E-state index in [1.807, 2.05) is 31.2 Å². The molecule has 0 saturated heterocycles. The van der Waals surface area contributed by atoms with Gasteiger partial charge in [-0.25, -0.2) is 4.98 Å². The molecule has 0 amide bonds. The molecule has 0 fully saturated rings. The molecular weight excluding hydrogens is 256 g/mol. The first-order chi connectivity index (χ1) is 9.49. The second-order valence-corrected chi connectivity index (χ2v) is 4.62. The van der Waals surface area contributed by atoms with Gasteiger partial charge in [0.15, 0.2) is 0 Å². The first-order valence-corrected chi connectivity index (χ1v) is 6.15. The van der Waals surface area contributed by atoms with Gasteiger partial charge in [0.05, 0.1) is 4.92 Å². The molecule has 1 aromatic heterocycles. The van der Waals surface area contributed by atoms with Gasteiger partial charge in [-0.2, -0.15) is 0 Å². The van der Waals surface area contributed by atoms with Crippen LogP contribution < -0.4 is 10.6 Å². The number of hydrogen-bond acceptors (Lipinski definition) is 5. The number of aryl methyl sites for hydroxylation is 1. The molecule has 1 heterocycles. The Morgan fingerprint density at radius 3 is 2.65 bits per heavy atom. The Labute approximate surface area is 117 Å². The van der Waals surface area contributed by atoms with E-state index in [2.05, 4.69) is 4.98 Å². The van der Waals surface area contributed by atoms with Gasteiger partial charge in [0.2, 0.25) is 5.82 Å². The molecule has 0 aliphatic carbocycles. The zero-order chi connectivity index (χ0) is 14.7. The lowest BCUT2D eigenvalue weighted by molar-refractivity contribution is -0.384. The van der Waals surface area contributed by atoms with Crippen molar-refractivity contribution in [3.8, 4) is 0 Å². The van der Waals surface area contributed by atoms with Gasteiger partial charge in [0.1, 0.15) is 5.82 Å². The normalized spacial score (nSPS) is 10.3. The van der Waals surface area contributed by atoms with Gasteiger partial charge in [-0.1, -0.05) is 24.3 Å². The average Bonchev–Trinajstić information content (AvgIpc) is 2.40. The van der Waals surface area contributed by atoms with E-state index >= 15 is 0 Å². The fraction of sp³-hybridized carbons (Fsp3) is 0.214. The van der Waals surface area contributed by atoms with E-state index in [0.29, 0.717) is 6.54 Å². The minimum Gasteiger partial charge on any atom is -0.384 e. The highest BCUT2D eigenvalue weighted by Crippen LogP contribution is 2.27. The molecule has 0 bridgehead atoms. The zero-order valence-electron chi connectivity index (χ0n) is 11.4. The van der Waals surface area contributed by atoms with Crippen LogP contribution in [0.1, 0.15) is 11.1 Å². The molecule has 1 aromatic carbocycles. The molecule has 0 radical (unpaired) electrons. The summed E-state index contributed by atoms with van der Waals surface area (Å²) in [6.07, 6.45) is 0. The van der Waals surface area contributed by atoms with Crippen molar-refractivity contribution in [1.29, 1.82) is 0 Å². The topological polar surface area (TPSA) is 85.3 Å². The van der Waals surface area contributed by atoms with Crippen LogP contribution in [0.25, 0.3) is 0 Å². The fourth-order valence-corrected chi connectivity index (χ4v) is 2.00. The highest BCUT2D eigenvalue weighted by atomic mass is 16.6. The molecule has 2 aromatic rings. The quantitative estimate of drug-likeness (QED) is 0.682. The Morgan fingerprint density at radius 1 is 1.30 bits per heavy atom. The van der Waals surface area contributed by atoms with E-state index in [1.165, 1.54) is 12.1 Å². The third-order valence-corrected chi connectivity index (χ3v) is 3.10. The van der Waals surface area contributed by atoms with Crippen LogP contribution in [0.3, 0.4) is 0 Å². The molecule has 2 rings (SSSR count). The Morgan fingerprint density at radius 2 is 2.00 bits per heavy atom. The van der Waals surface area contributed by atoms with Crippen molar-refractivity contribution in [2.45, 2.75) is 13.5 Å². The summed E-state index contributed by atoms with van der Waals surface area (Å²) in [4.78, 5) is 16.4. The number of rotatable bonds is 4. The van der Waals surface area contributed by atoms with Crippen LogP contribution in [0, 0.1) is 17.0 Å². The third-order valence-electron chi connectivity index (χ3n) is 3.10. The van der Waals surface area contributed by atoms with Crippen LogP contribution in [0.4, 0.5) is 17.3 Å². The Kier molecular flexibility index (Phi) is 3.84. The van der Waals surface area contributed by atoms with Gasteiger partial charge in [-0.3, -0.25) is 10.1 Å². The number of hydrogen-bond donors (Lipinski definition) is 1. The first kappa shape index (κ1) is 13.8. The second kappa shape index (κ2) is 5.56. The van der Waals surface area contributed by atoms with Gasteiger partial charge in [0, 0.05) is 19.7 Å². The largest absolute Gasteiger partial charge is 0.384 e. The lowest BCUT2D eigenvalue weighted by Crippen LogP contribution is -2.20. The summed E-state index contributed by atoms with van der Waals surface area (Å²) in [7, 11) is 1.77. The van der Waals surface area contributed by atoms with Crippen LogP contribution in [0.5, 0.6) is 0 Å². The zero-order valence-corrected chi connectivity index (χ0v) is 11.4. The highest BCUT2D eigenvalue weighted by molar-refractivity contribution is 5.60. The van der Waals surface area contributed by atoms with Crippen molar-refractivity contribution in [3.63, 3.8) is 0 Å². The van der Waals surface area contributed by atoms with E-state index in [0.717, 1.165) is 11.1 Å². The number of anilines is 2. The molecular formula is C14H16N4O2. The molecule has 0 aliphatic heterocycles. The van der Waals surface area contributed by atoms with Gasteiger partial charge < -0.3 is 10.6 Å². The summed E-state index contributed by atoms with van der Waals surface area (Å²) >= 11 is 0. The van der Waals surface area contributed by atoms with Gasteiger partial charge in [-0.15, -0.1) is 0 Å². The third kappa shape index (κ3) is 2.85. The Hall–Kier alpha value is -2.63. The maximum atomic E-state index is 11.1. The predicted molar refractivity (Wildman–Crippen MR) is 78.6 cm³/mol. The lowest BCUT2D eigenvalue weighted by Gasteiger charge is -2.19. The van der Waals surface area contributed by atoms with Crippen LogP contribution in [-0.4, -0.2) is 17.0 Å². The van der Waals surface area contributed by atoms with Crippen molar-refractivity contribution in [2.75, 3.05) is 17.7 Å². The van der Waals surface area contributed by atoms with Crippen LogP contribution in [-0.2, 0) is 6.54 Å². The summed E-state index contributed by atoms with van der Waals surface area (Å²) in [5.41, 5.74) is 7.80. The molecule has 6 heteroatoms. The Bertz CT molecular complexity index is 643. The van der Waals surface area contributed by atoms with E-state index in [1.54, 1.807) is 11.9 Å². The highest BCUT2D eigenvalue weighted by Gasteiger charge is 2.19. The molecule has 0 spiro atoms. The monoisotopic (exact) mass is 272 g/mol. The molecule has 0 aliphatic rings. The SMILES string of the molecule is Cc1ccccc1CN(C)c1nc(N)ccc1[N+](=O)[O-]. The van der Waals surface area contributed by atoms with E-state index < -0.39 is 4.92 Å². The van der Waals surface area contributed by atoms with Crippen molar-refractivity contribution in [1.82, 2.24) is 4.98 Å². The summed E-state index contributed by atoms with van der Waals surface area (Å²) in [6.45, 7) is 2.54. The van der Waals surface area contributed by atoms with E-state index in [-0.39, 0.29) is 17.3 Å². The minimum atomic E-state index is -0.448. The van der Waals surface area contributed by atoms with E-state index in [4.69, 9.17) is 5.73 Å². The predicted octanol–water partition coefficient (Wildman–Crippen LogP) is 2.52. The van der Waals surface area contributed by atoms with Crippen LogP contribution >= 0.6 is 0 Å². The summed E-state index contributed by atoms with van der Waals surface area (Å²) in [5.74, 6) is 0.542. The first-order valence-electron chi connectivity index (χ1n) is 6.15. The molecule has 2 N–H and O–H groups in total. The average molecular weight is 272 g/mol. The molecule has 0 unspecified atom stereocenters. The molecule has 6 nitrogen and oxygen atoms in total. The molecule has 20 heavy (non-hydrogen) atoms. The minimum absolute atomic E-state index is 0.0460. The number of nitrogens with two attached hydrogens (primary N) is 1. The molecule has 0 saturated carbocycles. The number of pyridine rings is 1. The standard InChI is InChI=1S/C14H16N4O2/c1-10-5-3-4-6-11(10)9-17(2)14-12(18(19)20)7-8-13(15)16-14/h3-8H,9H2,1-2H3,(H2,15,16). The van der Waals surface area contributed by atoms with Crippen LogP contribution in [0.15, 0.2) is 36.4 Å². The van der Waals surface area contributed by atoms with Gasteiger partial charge >= 0.3 is 5.69 Å². The van der Waals surface area contributed by atoms with Crippen molar-refractivity contribution >= 4 is 17.3 Å². The maximum absolute atomic E-state index is 11.1. The summed E-state index contributed by atoms with van der Waals surface area (Å²) < 4.78 is 0. The fourth-order valence-electron chi connectivity index (χ4n) is 2.00.